The molecule has 0 aliphatic rings. The fourth-order valence-corrected chi connectivity index (χ4v) is 2.21. The standard InChI is InChI=1S/C16H18FN3O/c1-20(10-12-6-8-14(17)9-7-12)11-13-4-2-3-5-15(13)16(21)19-18/h2-9H,10-11,18H2,1H3,(H,19,21). The maximum atomic E-state index is 12.9. The van der Waals surface area contributed by atoms with E-state index in [-0.39, 0.29) is 11.7 Å². The average Bonchev–Trinajstić information content (AvgIpc) is 2.49. The summed E-state index contributed by atoms with van der Waals surface area (Å²) in [6, 6.07) is 13.7. The molecular weight excluding hydrogens is 269 g/mol. The molecule has 0 aliphatic carbocycles. The third-order valence-electron chi connectivity index (χ3n) is 3.20. The number of hydrazine groups is 1. The number of hydrogen-bond donors (Lipinski definition) is 2. The van der Waals surface area contributed by atoms with E-state index in [4.69, 9.17) is 5.84 Å². The summed E-state index contributed by atoms with van der Waals surface area (Å²) in [5.41, 5.74) is 4.62. The number of rotatable bonds is 5. The van der Waals surface area contributed by atoms with Gasteiger partial charge < -0.3 is 0 Å². The first-order chi connectivity index (χ1) is 10.1. The number of nitrogen functional groups attached to an aromatic ring is 1. The maximum absolute atomic E-state index is 12.9. The van der Waals surface area contributed by atoms with Crippen molar-refractivity contribution in [3.8, 4) is 0 Å². The molecule has 3 N–H and O–H groups in total. The van der Waals surface area contributed by atoms with Crippen LogP contribution in [0.15, 0.2) is 48.5 Å². The SMILES string of the molecule is CN(Cc1ccc(F)cc1)Cc1ccccc1C(=O)NN. The second kappa shape index (κ2) is 6.97. The van der Waals surface area contributed by atoms with Crippen molar-refractivity contribution in [1.82, 2.24) is 10.3 Å². The Balaban J connectivity index is 2.07. The second-order valence-corrected chi connectivity index (χ2v) is 4.93. The van der Waals surface area contributed by atoms with Gasteiger partial charge >= 0.3 is 0 Å². The maximum Gasteiger partial charge on any atom is 0.265 e. The minimum absolute atomic E-state index is 0.244. The Morgan fingerprint density at radius 2 is 1.81 bits per heavy atom. The van der Waals surface area contributed by atoms with Crippen LogP contribution >= 0.6 is 0 Å². The van der Waals surface area contributed by atoms with E-state index in [0.717, 1.165) is 11.1 Å². The smallest absolute Gasteiger partial charge is 0.265 e. The van der Waals surface area contributed by atoms with Gasteiger partial charge in [0.1, 0.15) is 5.82 Å². The van der Waals surface area contributed by atoms with Crippen molar-refractivity contribution in [1.29, 1.82) is 0 Å². The molecule has 0 aliphatic heterocycles. The molecule has 0 unspecified atom stereocenters. The van der Waals surface area contributed by atoms with E-state index in [9.17, 15) is 9.18 Å². The Kier molecular flexibility index (Phi) is 5.03. The Labute approximate surface area is 123 Å². The number of nitrogens with one attached hydrogen (secondary N) is 1. The number of carbonyl (C=O) groups excluding carboxylic acids is 1. The van der Waals surface area contributed by atoms with E-state index >= 15 is 0 Å². The van der Waals surface area contributed by atoms with Crippen molar-refractivity contribution in [3.05, 3.63) is 71.0 Å². The van der Waals surface area contributed by atoms with Crippen molar-refractivity contribution >= 4 is 5.91 Å². The van der Waals surface area contributed by atoms with Gasteiger partial charge in [0.2, 0.25) is 0 Å². The highest BCUT2D eigenvalue weighted by Gasteiger charge is 2.11. The molecule has 110 valence electrons. The second-order valence-electron chi connectivity index (χ2n) is 4.93. The molecule has 0 fully saturated rings. The zero-order valence-corrected chi connectivity index (χ0v) is 11.8. The van der Waals surface area contributed by atoms with Crippen LogP contribution in [-0.4, -0.2) is 17.9 Å². The Hall–Kier alpha value is -2.24. The molecule has 0 saturated heterocycles. The zero-order chi connectivity index (χ0) is 15.2. The molecule has 0 spiro atoms. The van der Waals surface area contributed by atoms with Gasteiger partial charge in [-0.05, 0) is 36.4 Å². The number of hydrogen-bond acceptors (Lipinski definition) is 3. The third kappa shape index (κ3) is 4.11. The summed E-state index contributed by atoms with van der Waals surface area (Å²) in [5.74, 6) is 4.64. The minimum atomic E-state index is -0.305. The lowest BCUT2D eigenvalue weighted by Gasteiger charge is -2.18. The van der Waals surface area contributed by atoms with Crippen LogP contribution < -0.4 is 11.3 Å². The van der Waals surface area contributed by atoms with Crippen LogP contribution in [0.25, 0.3) is 0 Å². The van der Waals surface area contributed by atoms with E-state index in [1.165, 1.54) is 12.1 Å². The molecule has 0 atom stereocenters. The van der Waals surface area contributed by atoms with Gasteiger partial charge in [0, 0.05) is 18.7 Å². The van der Waals surface area contributed by atoms with Crippen LogP contribution in [0, 0.1) is 5.82 Å². The molecule has 1 amide bonds. The molecule has 2 aromatic rings. The summed E-state index contributed by atoms with van der Waals surface area (Å²) in [5, 5.41) is 0. The molecule has 0 saturated carbocycles. The van der Waals surface area contributed by atoms with Crippen LogP contribution in [-0.2, 0) is 13.1 Å². The van der Waals surface area contributed by atoms with Crippen molar-refractivity contribution in [3.63, 3.8) is 0 Å². The van der Waals surface area contributed by atoms with E-state index in [2.05, 4.69) is 10.3 Å². The van der Waals surface area contributed by atoms with E-state index in [0.29, 0.717) is 18.7 Å². The van der Waals surface area contributed by atoms with Gasteiger partial charge in [-0.2, -0.15) is 0 Å². The molecule has 5 heteroatoms. The lowest BCUT2D eigenvalue weighted by Crippen LogP contribution is -2.31. The first kappa shape index (κ1) is 15.2. The van der Waals surface area contributed by atoms with Crippen LogP contribution in [0.5, 0.6) is 0 Å². The topological polar surface area (TPSA) is 58.4 Å². The zero-order valence-electron chi connectivity index (χ0n) is 11.8. The molecular formula is C16H18FN3O. The monoisotopic (exact) mass is 287 g/mol. The molecule has 4 nitrogen and oxygen atoms in total. The summed E-state index contributed by atoms with van der Waals surface area (Å²) >= 11 is 0. The van der Waals surface area contributed by atoms with E-state index in [1.54, 1.807) is 24.3 Å². The Morgan fingerprint density at radius 1 is 1.14 bits per heavy atom. The predicted octanol–water partition coefficient (Wildman–Crippen LogP) is 2.06. The highest BCUT2D eigenvalue weighted by molar-refractivity contribution is 5.95. The average molecular weight is 287 g/mol. The molecule has 0 heterocycles. The molecule has 2 aromatic carbocycles. The third-order valence-corrected chi connectivity index (χ3v) is 3.20. The van der Waals surface area contributed by atoms with Crippen molar-refractivity contribution in [2.24, 2.45) is 5.84 Å². The van der Waals surface area contributed by atoms with Gasteiger partial charge in [0.25, 0.3) is 5.91 Å². The highest BCUT2D eigenvalue weighted by Crippen LogP contribution is 2.13. The largest absolute Gasteiger partial charge is 0.298 e. The summed E-state index contributed by atoms with van der Waals surface area (Å²) < 4.78 is 12.9. The summed E-state index contributed by atoms with van der Waals surface area (Å²) in [6.45, 7) is 1.26. The van der Waals surface area contributed by atoms with Crippen molar-refractivity contribution in [2.45, 2.75) is 13.1 Å². The van der Waals surface area contributed by atoms with E-state index < -0.39 is 0 Å². The lowest BCUT2D eigenvalue weighted by molar-refractivity contribution is 0.0952. The van der Waals surface area contributed by atoms with Gasteiger partial charge in [0.15, 0.2) is 0 Å². The highest BCUT2D eigenvalue weighted by atomic mass is 19.1. The summed E-state index contributed by atoms with van der Waals surface area (Å²) in [6.07, 6.45) is 0. The molecule has 0 aromatic heterocycles. The van der Waals surface area contributed by atoms with Gasteiger partial charge in [0.05, 0.1) is 0 Å². The number of amides is 1. The lowest BCUT2D eigenvalue weighted by atomic mass is 10.1. The summed E-state index contributed by atoms with van der Waals surface area (Å²) in [7, 11) is 1.94. The normalized spacial score (nSPS) is 10.7. The van der Waals surface area contributed by atoms with E-state index in [1.807, 2.05) is 19.2 Å². The molecule has 21 heavy (non-hydrogen) atoms. The fraction of sp³-hybridized carbons (Fsp3) is 0.188. The molecule has 0 bridgehead atoms. The Bertz CT molecular complexity index is 613. The van der Waals surface area contributed by atoms with Gasteiger partial charge in [-0.15, -0.1) is 0 Å². The number of nitrogens with zero attached hydrogens (tertiary/aromatic N) is 1. The van der Waals surface area contributed by atoms with Crippen molar-refractivity contribution in [2.75, 3.05) is 7.05 Å². The van der Waals surface area contributed by atoms with Crippen LogP contribution in [0.1, 0.15) is 21.5 Å². The molecule has 2 rings (SSSR count). The van der Waals surface area contributed by atoms with Gasteiger partial charge in [-0.3, -0.25) is 15.1 Å². The number of carbonyl (C=O) groups is 1. The van der Waals surface area contributed by atoms with Crippen LogP contribution in [0.2, 0.25) is 0 Å². The van der Waals surface area contributed by atoms with Crippen LogP contribution in [0.4, 0.5) is 4.39 Å². The fourth-order valence-electron chi connectivity index (χ4n) is 2.21. The predicted molar refractivity (Wildman–Crippen MR) is 79.7 cm³/mol. The number of benzene rings is 2. The van der Waals surface area contributed by atoms with Gasteiger partial charge in [-0.1, -0.05) is 30.3 Å². The summed E-state index contributed by atoms with van der Waals surface area (Å²) in [4.78, 5) is 13.8. The first-order valence-corrected chi connectivity index (χ1v) is 6.62. The first-order valence-electron chi connectivity index (χ1n) is 6.62. The Morgan fingerprint density at radius 3 is 2.48 bits per heavy atom. The van der Waals surface area contributed by atoms with Gasteiger partial charge in [-0.25, -0.2) is 10.2 Å². The quantitative estimate of drug-likeness (QED) is 0.503. The number of nitrogens with two attached hydrogens (primary N) is 1. The molecule has 0 radical (unpaired) electrons. The number of halogens is 1. The van der Waals surface area contributed by atoms with Crippen molar-refractivity contribution < 1.29 is 9.18 Å². The minimum Gasteiger partial charge on any atom is -0.298 e. The van der Waals surface area contributed by atoms with Crippen LogP contribution in [0.3, 0.4) is 0 Å².